The lowest BCUT2D eigenvalue weighted by molar-refractivity contribution is -0.144. The number of carbonyl (C=O) groups excluding carboxylic acids is 1. The van der Waals surface area contributed by atoms with Crippen LogP contribution in [0.4, 0.5) is 0 Å². The number of guanidine groups is 1. The Morgan fingerprint density at radius 1 is 1.25 bits per heavy atom. The third-order valence-corrected chi connectivity index (χ3v) is 1.91. The summed E-state index contributed by atoms with van der Waals surface area (Å²) in [4.78, 5) is 19.3. The molecule has 0 aliphatic rings. The molecule has 0 aromatic heterocycles. The SMILES string of the molecule is COC(=O)C(C)CN=C(N(C)C)N(C)C.I. The standard InChI is InChI=1S/C10H21N3O2.HI/c1-8(9(14)15-6)7-11-10(12(2)3)13(4)5;/h8H,7H2,1-6H3;1H. The molecule has 0 fully saturated rings. The van der Waals surface area contributed by atoms with Crippen molar-refractivity contribution in [3.8, 4) is 0 Å². The van der Waals surface area contributed by atoms with E-state index in [0.29, 0.717) is 6.54 Å². The summed E-state index contributed by atoms with van der Waals surface area (Å²) in [5.41, 5.74) is 0. The normalized spacial score (nSPS) is 10.9. The highest BCUT2D eigenvalue weighted by atomic mass is 127. The van der Waals surface area contributed by atoms with E-state index in [9.17, 15) is 4.79 Å². The van der Waals surface area contributed by atoms with Crippen LogP contribution in [0.15, 0.2) is 4.99 Å². The molecule has 0 spiro atoms. The second-order valence-corrected chi connectivity index (χ2v) is 3.85. The van der Waals surface area contributed by atoms with Gasteiger partial charge in [-0.05, 0) is 0 Å². The Morgan fingerprint density at radius 2 is 1.69 bits per heavy atom. The Balaban J connectivity index is 0. The molecule has 0 heterocycles. The topological polar surface area (TPSA) is 45.1 Å². The van der Waals surface area contributed by atoms with Crippen molar-refractivity contribution in [2.24, 2.45) is 10.9 Å². The summed E-state index contributed by atoms with van der Waals surface area (Å²) in [6.07, 6.45) is 0. The maximum absolute atomic E-state index is 11.1. The average Bonchev–Trinajstić information content (AvgIpc) is 2.15. The van der Waals surface area contributed by atoms with Gasteiger partial charge in [-0.1, -0.05) is 6.92 Å². The molecule has 0 aromatic rings. The van der Waals surface area contributed by atoms with E-state index in [2.05, 4.69) is 9.73 Å². The zero-order chi connectivity index (χ0) is 12.0. The molecule has 96 valence electrons. The first-order chi connectivity index (χ1) is 6.90. The van der Waals surface area contributed by atoms with Crippen LogP contribution >= 0.6 is 24.0 Å². The summed E-state index contributed by atoms with van der Waals surface area (Å²) in [5.74, 6) is 0.409. The Hall–Kier alpha value is -0.530. The van der Waals surface area contributed by atoms with Crippen molar-refractivity contribution >= 4 is 35.9 Å². The van der Waals surface area contributed by atoms with E-state index in [1.807, 2.05) is 38.0 Å². The third kappa shape index (κ3) is 6.14. The van der Waals surface area contributed by atoms with Gasteiger partial charge in [-0.2, -0.15) is 0 Å². The quantitative estimate of drug-likeness (QED) is 0.331. The summed E-state index contributed by atoms with van der Waals surface area (Å²) in [6.45, 7) is 2.25. The first-order valence-electron chi connectivity index (χ1n) is 4.87. The predicted molar refractivity (Wildman–Crippen MR) is 76.3 cm³/mol. The van der Waals surface area contributed by atoms with Gasteiger partial charge in [0.1, 0.15) is 0 Å². The molecule has 0 amide bonds. The molecule has 0 aromatic carbocycles. The number of ether oxygens (including phenoxy) is 1. The van der Waals surface area contributed by atoms with Gasteiger partial charge < -0.3 is 14.5 Å². The lowest BCUT2D eigenvalue weighted by Crippen LogP contribution is -2.36. The van der Waals surface area contributed by atoms with Gasteiger partial charge in [0, 0.05) is 28.2 Å². The summed E-state index contributed by atoms with van der Waals surface area (Å²) in [7, 11) is 9.06. The molecular formula is C10H22IN3O2. The molecule has 6 heteroatoms. The zero-order valence-corrected chi connectivity index (χ0v) is 13.2. The molecule has 0 N–H and O–H groups in total. The average molecular weight is 343 g/mol. The number of rotatable bonds is 3. The number of aliphatic imine (C=N–C) groups is 1. The molecule has 1 unspecified atom stereocenters. The van der Waals surface area contributed by atoms with E-state index in [-0.39, 0.29) is 35.9 Å². The second-order valence-electron chi connectivity index (χ2n) is 3.85. The highest BCUT2D eigenvalue weighted by molar-refractivity contribution is 14.0. The molecule has 0 saturated heterocycles. The maximum Gasteiger partial charge on any atom is 0.310 e. The Kier molecular flexibility index (Phi) is 9.60. The van der Waals surface area contributed by atoms with E-state index < -0.39 is 0 Å². The molecular weight excluding hydrogens is 321 g/mol. The second kappa shape index (κ2) is 8.60. The van der Waals surface area contributed by atoms with Gasteiger partial charge in [0.15, 0.2) is 5.96 Å². The van der Waals surface area contributed by atoms with Crippen molar-refractivity contribution in [2.75, 3.05) is 41.8 Å². The molecule has 0 saturated carbocycles. The van der Waals surface area contributed by atoms with Crippen molar-refractivity contribution in [3.63, 3.8) is 0 Å². The van der Waals surface area contributed by atoms with Gasteiger partial charge in [-0.3, -0.25) is 9.79 Å². The van der Waals surface area contributed by atoms with E-state index in [0.717, 1.165) is 5.96 Å². The smallest absolute Gasteiger partial charge is 0.310 e. The minimum absolute atomic E-state index is 0. The number of hydrogen-bond donors (Lipinski definition) is 0. The van der Waals surface area contributed by atoms with Crippen LogP contribution in [0.5, 0.6) is 0 Å². The molecule has 0 radical (unpaired) electrons. The Morgan fingerprint density at radius 3 is 2.00 bits per heavy atom. The van der Waals surface area contributed by atoms with Gasteiger partial charge in [-0.15, -0.1) is 24.0 Å². The Bertz CT molecular complexity index is 232. The van der Waals surface area contributed by atoms with Crippen LogP contribution in [0, 0.1) is 5.92 Å². The lowest BCUT2D eigenvalue weighted by Gasteiger charge is -2.23. The highest BCUT2D eigenvalue weighted by Gasteiger charge is 2.13. The first kappa shape index (κ1) is 17.9. The van der Waals surface area contributed by atoms with Crippen LogP contribution in [0.25, 0.3) is 0 Å². The number of halogens is 1. The van der Waals surface area contributed by atoms with Gasteiger partial charge in [0.2, 0.25) is 0 Å². The van der Waals surface area contributed by atoms with E-state index in [4.69, 9.17) is 0 Å². The van der Waals surface area contributed by atoms with Crippen molar-refractivity contribution < 1.29 is 9.53 Å². The summed E-state index contributed by atoms with van der Waals surface area (Å²) < 4.78 is 4.63. The fourth-order valence-corrected chi connectivity index (χ4v) is 1.18. The zero-order valence-electron chi connectivity index (χ0n) is 10.9. The van der Waals surface area contributed by atoms with Crippen LogP contribution in [0.2, 0.25) is 0 Å². The van der Waals surface area contributed by atoms with E-state index in [1.54, 1.807) is 6.92 Å². The van der Waals surface area contributed by atoms with Gasteiger partial charge >= 0.3 is 5.97 Å². The van der Waals surface area contributed by atoms with E-state index in [1.165, 1.54) is 7.11 Å². The van der Waals surface area contributed by atoms with Crippen molar-refractivity contribution in [3.05, 3.63) is 0 Å². The summed E-state index contributed by atoms with van der Waals surface area (Å²) >= 11 is 0. The van der Waals surface area contributed by atoms with Crippen LogP contribution in [0.3, 0.4) is 0 Å². The van der Waals surface area contributed by atoms with Crippen LogP contribution in [-0.2, 0) is 9.53 Å². The Labute approximate surface area is 115 Å². The third-order valence-electron chi connectivity index (χ3n) is 1.91. The maximum atomic E-state index is 11.1. The molecule has 0 bridgehead atoms. The number of methoxy groups -OCH3 is 1. The summed E-state index contributed by atoms with van der Waals surface area (Å²) in [6, 6.07) is 0. The first-order valence-corrected chi connectivity index (χ1v) is 4.87. The van der Waals surface area contributed by atoms with Gasteiger partial charge in [0.25, 0.3) is 0 Å². The fraction of sp³-hybridized carbons (Fsp3) is 0.800. The minimum Gasteiger partial charge on any atom is -0.469 e. The lowest BCUT2D eigenvalue weighted by atomic mass is 10.2. The van der Waals surface area contributed by atoms with Crippen molar-refractivity contribution in [1.82, 2.24) is 9.80 Å². The number of carbonyl (C=O) groups is 1. The fourth-order valence-electron chi connectivity index (χ4n) is 1.18. The largest absolute Gasteiger partial charge is 0.469 e. The van der Waals surface area contributed by atoms with Crippen LogP contribution in [-0.4, -0.2) is 63.6 Å². The molecule has 0 aliphatic carbocycles. The molecule has 0 aliphatic heterocycles. The van der Waals surface area contributed by atoms with Gasteiger partial charge in [-0.25, -0.2) is 0 Å². The summed E-state index contributed by atoms with van der Waals surface area (Å²) in [5, 5.41) is 0. The van der Waals surface area contributed by atoms with Crippen molar-refractivity contribution in [2.45, 2.75) is 6.92 Å². The van der Waals surface area contributed by atoms with Gasteiger partial charge in [0.05, 0.1) is 19.6 Å². The number of nitrogens with zero attached hydrogens (tertiary/aromatic N) is 3. The molecule has 5 nitrogen and oxygen atoms in total. The highest BCUT2D eigenvalue weighted by Crippen LogP contribution is 2.00. The minimum atomic E-state index is -0.226. The predicted octanol–water partition coefficient (Wildman–Crippen LogP) is 0.893. The molecule has 16 heavy (non-hydrogen) atoms. The molecule has 1 atom stereocenters. The van der Waals surface area contributed by atoms with Crippen molar-refractivity contribution in [1.29, 1.82) is 0 Å². The number of esters is 1. The monoisotopic (exact) mass is 343 g/mol. The van der Waals surface area contributed by atoms with E-state index >= 15 is 0 Å². The number of hydrogen-bond acceptors (Lipinski definition) is 3. The van der Waals surface area contributed by atoms with Crippen LogP contribution in [0.1, 0.15) is 6.92 Å². The molecule has 0 rings (SSSR count). The van der Waals surface area contributed by atoms with Crippen LogP contribution < -0.4 is 0 Å².